The van der Waals surface area contributed by atoms with Gasteiger partial charge in [0, 0.05) is 6.20 Å². The van der Waals surface area contributed by atoms with E-state index in [2.05, 4.69) is 10.3 Å². The first kappa shape index (κ1) is 16.7. The molecule has 116 valence electrons. The minimum Gasteiger partial charge on any atom is -0.448 e. The number of thiophene rings is 1. The Balaban J connectivity index is 2.00. The molecular formula is C14H12Cl2N2O3S. The number of hydrogen-bond acceptors (Lipinski definition) is 5. The monoisotopic (exact) mass is 358 g/mol. The highest BCUT2D eigenvalue weighted by atomic mass is 35.5. The van der Waals surface area contributed by atoms with Gasteiger partial charge in [-0.3, -0.25) is 4.79 Å². The predicted molar refractivity (Wildman–Crippen MR) is 86.8 cm³/mol. The van der Waals surface area contributed by atoms with Gasteiger partial charge in [0.05, 0.1) is 10.0 Å². The maximum absolute atomic E-state index is 12.0. The molecule has 0 aliphatic carbocycles. The van der Waals surface area contributed by atoms with Crippen molar-refractivity contribution in [1.29, 1.82) is 0 Å². The third-order valence-corrected chi connectivity index (χ3v) is 4.24. The molecule has 1 N–H and O–H groups in total. The number of halogens is 2. The summed E-state index contributed by atoms with van der Waals surface area (Å²) in [5, 5.41) is 4.83. The number of nitrogens with zero attached hydrogens (tertiary/aromatic N) is 1. The molecule has 8 heteroatoms. The molecule has 0 spiro atoms. The van der Waals surface area contributed by atoms with Crippen LogP contribution in [0.25, 0.3) is 0 Å². The molecule has 0 bridgehead atoms. The number of ether oxygens (including phenoxy) is 1. The quantitative estimate of drug-likeness (QED) is 0.840. The van der Waals surface area contributed by atoms with E-state index >= 15 is 0 Å². The second kappa shape index (κ2) is 7.09. The molecule has 22 heavy (non-hydrogen) atoms. The first-order valence-corrected chi connectivity index (χ1v) is 7.89. The molecule has 0 saturated carbocycles. The number of esters is 1. The van der Waals surface area contributed by atoms with Crippen molar-refractivity contribution in [3.63, 3.8) is 0 Å². The number of nitrogens with one attached hydrogen (secondary N) is 1. The van der Waals surface area contributed by atoms with Crippen LogP contribution in [0.2, 0.25) is 10.0 Å². The summed E-state index contributed by atoms with van der Waals surface area (Å²) in [6.45, 7) is 3.27. The highest BCUT2D eigenvalue weighted by Gasteiger charge is 2.21. The average Bonchev–Trinajstić information content (AvgIpc) is 2.88. The summed E-state index contributed by atoms with van der Waals surface area (Å²) in [5.74, 6) is -0.907. The molecule has 2 heterocycles. The molecule has 2 aromatic rings. The van der Waals surface area contributed by atoms with Crippen molar-refractivity contribution in [2.24, 2.45) is 0 Å². The van der Waals surface area contributed by atoms with Gasteiger partial charge in [0.2, 0.25) is 0 Å². The summed E-state index contributed by atoms with van der Waals surface area (Å²) in [4.78, 5) is 28.4. The molecule has 2 aromatic heterocycles. The highest BCUT2D eigenvalue weighted by Crippen LogP contribution is 2.23. The van der Waals surface area contributed by atoms with E-state index in [1.54, 1.807) is 12.3 Å². The SMILES string of the molecule is Cc1ccsc1C(=O)O[C@@H](C)C(=O)Nc1ncc(Cl)cc1Cl. The van der Waals surface area contributed by atoms with Crippen molar-refractivity contribution >= 4 is 52.2 Å². The smallest absolute Gasteiger partial charge is 0.349 e. The zero-order valence-electron chi connectivity index (χ0n) is 11.7. The summed E-state index contributed by atoms with van der Waals surface area (Å²) in [5.41, 5.74) is 0.810. The number of anilines is 1. The Kier molecular flexibility index (Phi) is 5.39. The Morgan fingerprint density at radius 3 is 2.73 bits per heavy atom. The topological polar surface area (TPSA) is 68.3 Å². The summed E-state index contributed by atoms with van der Waals surface area (Å²) in [6.07, 6.45) is 0.372. The molecule has 2 rings (SSSR count). The van der Waals surface area contributed by atoms with E-state index in [0.717, 1.165) is 5.56 Å². The number of aryl methyl sites for hydroxylation is 1. The van der Waals surface area contributed by atoms with E-state index in [0.29, 0.717) is 9.90 Å². The van der Waals surface area contributed by atoms with Crippen LogP contribution >= 0.6 is 34.5 Å². The van der Waals surface area contributed by atoms with Gasteiger partial charge in [-0.2, -0.15) is 0 Å². The first-order valence-electron chi connectivity index (χ1n) is 6.25. The molecule has 0 unspecified atom stereocenters. The third-order valence-electron chi connectivity index (χ3n) is 2.75. The van der Waals surface area contributed by atoms with E-state index in [1.165, 1.54) is 30.5 Å². The zero-order chi connectivity index (χ0) is 16.3. The van der Waals surface area contributed by atoms with Crippen LogP contribution < -0.4 is 5.32 Å². The van der Waals surface area contributed by atoms with Gasteiger partial charge in [-0.05, 0) is 36.9 Å². The maximum Gasteiger partial charge on any atom is 0.349 e. The fourth-order valence-electron chi connectivity index (χ4n) is 1.57. The van der Waals surface area contributed by atoms with Crippen molar-refractivity contribution in [2.45, 2.75) is 20.0 Å². The van der Waals surface area contributed by atoms with Crippen LogP contribution in [0, 0.1) is 6.92 Å². The number of hydrogen-bond donors (Lipinski definition) is 1. The molecule has 0 radical (unpaired) electrons. The Hall–Kier alpha value is -1.63. The van der Waals surface area contributed by atoms with Gasteiger partial charge in [-0.25, -0.2) is 9.78 Å². The Bertz CT molecular complexity index is 718. The summed E-state index contributed by atoms with van der Waals surface area (Å²) in [7, 11) is 0. The van der Waals surface area contributed by atoms with Crippen molar-refractivity contribution in [2.75, 3.05) is 5.32 Å². The number of rotatable bonds is 4. The Morgan fingerprint density at radius 1 is 1.41 bits per heavy atom. The van der Waals surface area contributed by atoms with E-state index in [9.17, 15) is 9.59 Å². The number of aromatic nitrogens is 1. The van der Waals surface area contributed by atoms with Crippen LogP contribution in [-0.4, -0.2) is 23.0 Å². The van der Waals surface area contributed by atoms with Crippen molar-refractivity contribution in [3.05, 3.63) is 44.2 Å². The molecule has 0 fully saturated rings. The van der Waals surface area contributed by atoms with E-state index in [-0.39, 0.29) is 10.8 Å². The van der Waals surface area contributed by atoms with Gasteiger partial charge in [0.15, 0.2) is 11.9 Å². The van der Waals surface area contributed by atoms with Crippen LogP contribution in [0.1, 0.15) is 22.2 Å². The van der Waals surface area contributed by atoms with Crippen molar-refractivity contribution in [3.8, 4) is 0 Å². The maximum atomic E-state index is 12.0. The summed E-state index contributed by atoms with van der Waals surface area (Å²) >= 11 is 12.9. The fraction of sp³-hybridized carbons (Fsp3) is 0.214. The standard InChI is InChI=1S/C14H12Cl2N2O3S/c1-7-3-4-22-11(7)14(20)21-8(2)13(19)18-12-10(16)5-9(15)6-17-12/h3-6,8H,1-2H3,(H,17,18,19)/t8-/m0/s1. The molecule has 0 aromatic carbocycles. The zero-order valence-corrected chi connectivity index (χ0v) is 14.1. The predicted octanol–water partition coefficient (Wildman–Crippen LogP) is 3.94. The van der Waals surface area contributed by atoms with E-state index in [1.807, 2.05) is 6.07 Å². The normalized spacial score (nSPS) is 11.8. The van der Waals surface area contributed by atoms with E-state index in [4.69, 9.17) is 27.9 Å². The summed E-state index contributed by atoms with van der Waals surface area (Å²) < 4.78 is 5.14. The molecule has 5 nitrogen and oxygen atoms in total. The Morgan fingerprint density at radius 2 is 2.14 bits per heavy atom. The second-order valence-corrected chi connectivity index (χ2v) is 6.21. The minimum atomic E-state index is -0.984. The van der Waals surface area contributed by atoms with Crippen LogP contribution in [0.15, 0.2) is 23.7 Å². The average molecular weight is 359 g/mol. The lowest BCUT2D eigenvalue weighted by atomic mass is 10.3. The van der Waals surface area contributed by atoms with Crippen LogP contribution in [0.4, 0.5) is 5.82 Å². The number of carbonyl (C=O) groups is 2. The van der Waals surface area contributed by atoms with Gasteiger partial charge in [-0.15, -0.1) is 11.3 Å². The van der Waals surface area contributed by atoms with Crippen LogP contribution in [0.3, 0.4) is 0 Å². The van der Waals surface area contributed by atoms with E-state index < -0.39 is 18.0 Å². The molecule has 1 atom stereocenters. The lowest BCUT2D eigenvalue weighted by Crippen LogP contribution is -2.30. The lowest BCUT2D eigenvalue weighted by Gasteiger charge is -2.13. The van der Waals surface area contributed by atoms with Crippen LogP contribution in [0.5, 0.6) is 0 Å². The number of carbonyl (C=O) groups excluding carboxylic acids is 2. The molecule has 0 aliphatic rings. The summed E-state index contributed by atoms with van der Waals surface area (Å²) in [6, 6.07) is 3.26. The van der Waals surface area contributed by atoms with Crippen molar-refractivity contribution < 1.29 is 14.3 Å². The first-order chi connectivity index (χ1) is 10.4. The molecular weight excluding hydrogens is 347 g/mol. The lowest BCUT2D eigenvalue weighted by molar-refractivity contribution is -0.123. The van der Waals surface area contributed by atoms with Gasteiger partial charge >= 0.3 is 5.97 Å². The van der Waals surface area contributed by atoms with Crippen molar-refractivity contribution in [1.82, 2.24) is 4.98 Å². The number of pyridine rings is 1. The van der Waals surface area contributed by atoms with Gasteiger partial charge in [-0.1, -0.05) is 23.2 Å². The Labute approximate surface area is 141 Å². The highest BCUT2D eigenvalue weighted by molar-refractivity contribution is 7.12. The van der Waals surface area contributed by atoms with Gasteiger partial charge in [0.1, 0.15) is 4.88 Å². The molecule has 1 amide bonds. The van der Waals surface area contributed by atoms with Crippen LogP contribution in [-0.2, 0) is 9.53 Å². The second-order valence-electron chi connectivity index (χ2n) is 4.45. The fourth-order valence-corrected chi connectivity index (χ4v) is 2.81. The van der Waals surface area contributed by atoms with Gasteiger partial charge in [0.25, 0.3) is 5.91 Å². The van der Waals surface area contributed by atoms with Gasteiger partial charge < -0.3 is 10.1 Å². The third kappa shape index (κ3) is 3.97. The molecule has 0 aliphatic heterocycles. The minimum absolute atomic E-state index is 0.159. The molecule has 0 saturated heterocycles. The number of amides is 1. The largest absolute Gasteiger partial charge is 0.448 e.